The van der Waals surface area contributed by atoms with Gasteiger partial charge in [-0.05, 0) is 86.2 Å². The molecule has 0 aliphatic rings. The first-order valence-corrected chi connectivity index (χ1v) is 12.5. The Morgan fingerprint density at radius 1 is 1.05 bits per heavy atom. The highest BCUT2D eigenvalue weighted by atomic mass is 16.5. The van der Waals surface area contributed by atoms with Crippen LogP contribution in [-0.4, -0.2) is 33.2 Å². The van der Waals surface area contributed by atoms with Crippen LogP contribution in [0.4, 0.5) is 0 Å². The van der Waals surface area contributed by atoms with Gasteiger partial charge in [-0.2, -0.15) is 0 Å². The topological polar surface area (TPSA) is 86.5 Å². The molecule has 1 N–H and O–H groups in total. The van der Waals surface area contributed by atoms with Crippen LogP contribution < -0.4 is 4.74 Å². The van der Waals surface area contributed by atoms with Gasteiger partial charge >= 0.3 is 5.97 Å². The molecule has 0 spiro atoms. The van der Waals surface area contributed by atoms with Gasteiger partial charge in [0.1, 0.15) is 11.3 Å². The Balaban J connectivity index is 1.69. The molecule has 0 saturated carbocycles. The maximum Gasteiger partial charge on any atom is 0.310 e. The number of methoxy groups -OCH3 is 1. The van der Waals surface area contributed by atoms with Gasteiger partial charge in [0.05, 0.1) is 31.3 Å². The Hall–Kier alpha value is -3.71. The van der Waals surface area contributed by atoms with Crippen molar-refractivity contribution >= 4 is 17.0 Å². The highest BCUT2D eigenvalue weighted by Crippen LogP contribution is 2.44. The van der Waals surface area contributed by atoms with Crippen LogP contribution in [0.3, 0.4) is 0 Å². The summed E-state index contributed by atoms with van der Waals surface area (Å²) < 4.78 is 13.1. The predicted octanol–water partition coefficient (Wildman–Crippen LogP) is 6.04. The molecule has 7 heteroatoms. The van der Waals surface area contributed by atoms with Crippen LogP contribution >= 0.6 is 0 Å². The van der Waals surface area contributed by atoms with Crippen molar-refractivity contribution in [3.05, 3.63) is 88.0 Å². The van der Waals surface area contributed by atoms with E-state index in [2.05, 4.69) is 16.4 Å². The Kier molecular flexibility index (Phi) is 7.64. The lowest BCUT2D eigenvalue weighted by Crippen LogP contribution is -2.32. The van der Waals surface area contributed by atoms with Crippen LogP contribution in [0.25, 0.3) is 11.0 Å². The number of aryl methyl sites for hydroxylation is 3. The molecule has 0 fully saturated rings. The number of aliphatic carboxylic acids is 1. The van der Waals surface area contributed by atoms with Gasteiger partial charge in [-0.25, -0.2) is 4.68 Å². The Bertz CT molecular complexity index is 1410. The van der Waals surface area contributed by atoms with E-state index in [9.17, 15) is 9.90 Å². The van der Waals surface area contributed by atoms with Crippen molar-refractivity contribution in [2.75, 3.05) is 7.11 Å². The smallest absolute Gasteiger partial charge is 0.310 e. The van der Waals surface area contributed by atoms with Crippen molar-refractivity contribution < 1.29 is 19.4 Å². The van der Waals surface area contributed by atoms with Crippen LogP contribution in [0.1, 0.15) is 60.1 Å². The second kappa shape index (κ2) is 10.7. The van der Waals surface area contributed by atoms with Gasteiger partial charge in [-0.15, -0.1) is 5.10 Å². The van der Waals surface area contributed by atoms with Crippen molar-refractivity contribution in [1.29, 1.82) is 0 Å². The third-order valence-corrected chi connectivity index (χ3v) is 7.26. The summed E-state index contributed by atoms with van der Waals surface area (Å²) in [6.07, 6.45) is 0. The summed E-state index contributed by atoms with van der Waals surface area (Å²) >= 11 is 0. The quantitative estimate of drug-likeness (QED) is 0.285. The average molecular weight is 502 g/mol. The number of hydrogen-bond acceptors (Lipinski definition) is 5. The van der Waals surface area contributed by atoms with E-state index in [-0.39, 0.29) is 5.92 Å². The molecule has 4 aromatic rings. The highest BCUT2D eigenvalue weighted by Gasteiger charge is 2.40. The number of benzene rings is 3. The summed E-state index contributed by atoms with van der Waals surface area (Å²) in [6.45, 7) is 11.3. The fraction of sp³-hybridized carbons (Fsp3) is 0.367. The molecular weight excluding hydrogens is 466 g/mol. The molecule has 37 heavy (non-hydrogen) atoms. The van der Waals surface area contributed by atoms with Crippen LogP contribution in [-0.2, 0) is 29.3 Å². The molecule has 1 heterocycles. The molecule has 0 radical (unpaired) electrons. The zero-order chi connectivity index (χ0) is 26.7. The van der Waals surface area contributed by atoms with E-state index < -0.39 is 11.4 Å². The zero-order valence-corrected chi connectivity index (χ0v) is 22.4. The minimum atomic E-state index is -1.06. The first kappa shape index (κ1) is 26.4. The minimum Gasteiger partial charge on any atom is -0.497 e. The fourth-order valence-electron chi connectivity index (χ4n) is 4.86. The van der Waals surface area contributed by atoms with E-state index in [0.717, 1.165) is 56.7 Å². The van der Waals surface area contributed by atoms with Gasteiger partial charge in [-0.3, -0.25) is 4.79 Å². The SMILES string of the molecule is CCn1nnc2c(C)c(C(c3ccc(C)c(COCc4ccc(OC)cc4)c3)C(C)(C)C(=O)O)ccc21. The van der Waals surface area contributed by atoms with Crippen LogP contribution in [0.15, 0.2) is 54.6 Å². The van der Waals surface area contributed by atoms with E-state index in [1.807, 2.05) is 74.0 Å². The molecule has 7 nitrogen and oxygen atoms in total. The van der Waals surface area contributed by atoms with Gasteiger partial charge in [-0.1, -0.05) is 41.6 Å². The van der Waals surface area contributed by atoms with Gasteiger partial charge in [0.15, 0.2) is 0 Å². The number of ether oxygens (including phenoxy) is 2. The third kappa shape index (κ3) is 5.23. The second-order valence-electron chi connectivity index (χ2n) is 10.0. The summed E-state index contributed by atoms with van der Waals surface area (Å²) in [7, 11) is 1.65. The number of carboxylic acids is 1. The maximum atomic E-state index is 12.5. The average Bonchev–Trinajstić information content (AvgIpc) is 3.31. The summed E-state index contributed by atoms with van der Waals surface area (Å²) in [5.41, 5.74) is 6.72. The van der Waals surface area contributed by atoms with Gasteiger partial charge in [0.2, 0.25) is 0 Å². The number of hydrogen-bond donors (Lipinski definition) is 1. The number of carbonyl (C=O) groups is 1. The molecule has 0 aliphatic heterocycles. The van der Waals surface area contributed by atoms with Gasteiger partial charge in [0, 0.05) is 12.5 Å². The minimum absolute atomic E-state index is 0.387. The van der Waals surface area contributed by atoms with Crippen molar-refractivity contribution in [3.8, 4) is 5.75 Å². The van der Waals surface area contributed by atoms with Gasteiger partial charge in [0.25, 0.3) is 0 Å². The zero-order valence-electron chi connectivity index (χ0n) is 22.4. The Morgan fingerprint density at radius 2 is 1.78 bits per heavy atom. The lowest BCUT2D eigenvalue weighted by molar-refractivity contribution is -0.147. The molecule has 0 aliphatic carbocycles. The first-order chi connectivity index (χ1) is 17.7. The van der Waals surface area contributed by atoms with E-state index in [1.165, 1.54) is 0 Å². The molecule has 0 saturated heterocycles. The Morgan fingerprint density at radius 3 is 2.43 bits per heavy atom. The molecule has 3 aromatic carbocycles. The van der Waals surface area contributed by atoms with Crippen molar-refractivity contribution in [3.63, 3.8) is 0 Å². The summed E-state index contributed by atoms with van der Waals surface area (Å²) in [5, 5.41) is 18.9. The summed E-state index contributed by atoms with van der Waals surface area (Å²) in [5.74, 6) is -0.431. The molecular formula is C30H35N3O4. The lowest BCUT2D eigenvalue weighted by atomic mass is 9.69. The monoisotopic (exact) mass is 501 g/mol. The summed E-state index contributed by atoms with van der Waals surface area (Å²) in [6, 6.07) is 18.0. The van der Waals surface area contributed by atoms with Crippen molar-refractivity contribution in [2.24, 2.45) is 5.41 Å². The largest absolute Gasteiger partial charge is 0.497 e. The fourth-order valence-corrected chi connectivity index (χ4v) is 4.86. The standard InChI is InChI=1S/C30H35N3O4/c1-7-33-26-15-14-25(20(3)28(26)31-32-33)27(30(4,5)29(34)35)22-11-8-19(2)23(16-22)18-37-17-21-9-12-24(36-6)13-10-21/h8-16,27H,7,17-18H2,1-6H3,(H,34,35). The number of rotatable bonds is 10. The normalized spacial score (nSPS) is 12.6. The number of fused-ring (bicyclic) bond motifs is 1. The maximum absolute atomic E-state index is 12.5. The predicted molar refractivity (Wildman–Crippen MR) is 144 cm³/mol. The third-order valence-electron chi connectivity index (χ3n) is 7.26. The molecule has 0 bridgehead atoms. The molecule has 1 atom stereocenters. The molecule has 4 rings (SSSR count). The second-order valence-corrected chi connectivity index (χ2v) is 10.0. The number of carboxylic acid groups (broad SMARTS) is 1. The summed E-state index contributed by atoms with van der Waals surface area (Å²) in [4.78, 5) is 12.5. The van der Waals surface area contributed by atoms with E-state index in [1.54, 1.807) is 21.0 Å². The van der Waals surface area contributed by atoms with E-state index in [0.29, 0.717) is 13.2 Å². The molecule has 1 aromatic heterocycles. The van der Waals surface area contributed by atoms with Crippen molar-refractivity contribution in [1.82, 2.24) is 15.0 Å². The van der Waals surface area contributed by atoms with E-state index >= 15 is 0 Å². The Labute approximate surface area is 218 Å². The van der Waals surface area contributed by atoms with Crippen LogP contribution in [0.2, 0.25) is 0 Å². The number of aromatic nitrogens is 3. The number of nitrogens with zero attached hydrogens (tertiary/aromatic N) is 3. The molecule has 194 valence electrons. The molecule has 1 unspecified atom stereocenters. The van der Waals surface area contributed by atoms with Crippen LogP contribution in [0, 0.1) is 19.3 Å². The lowest BCUT2D eigenvalue weighted by Gasteiger charge is -2.33. The first-order valence-electron chi connectivity index (χ1n) is 12.5. The highest BCUT2D eigenvalue weighted by molar-refractivity contribution is 5.82. The molecule has 0 amide bonds. The van der Waals surface area contributed by atoms with Gasteiger partial charge < -0.3 is 14.6 Å². The van der Waals surface area contributed by atoms with Crippen molar-refractivity contribution in [2.45, 2.75) is 60.3 Å². The van der Waals surface area contributed by atoms with Crippen LogP contribution in [0.5, 0.6) is 5.75 Å². The van der Waals surface area contributed by atoms with E-state index in [4.69, 9.17) is 9.47 Å².